The van der Waals surface area contributed by atoms with E-state index in [0.29, 0.717) is 0 Å². The molecule has 0 saturated carbocycles. The van der Waals surface area contributed by atoms with Gasteiger partial charge in [-0.15, -0.1) is 0 Å². The first-order chi connectivity index (χ1) is 16.0. The van der Waals surface area contributed by atoms with Gasteiger partial charge < -0.3 is 79.9 Å². The van der Waals surface area contributed by atoms with Crippen LogP contribution in [0.15, 0.2) is 0 Å². The number of aliphatic hydroxyl groups excluding tert-OH is 11. The zero-order chi connectivity index (χ0) is 25.3. The van der Waals surface area contributed by atoms with Crippen molar-refractivity contribution in [2.45, 2.75) is 92.1 Å². The summed E-state index contributed by atoms with van der Waals surface area (Å²) in [5.74, 6) is 0. The van der Waals surface area contributed by atoms with Gasteiger partial charge in [0.05, 0.1) is 19.8 Å². The van der Waals surface area contributed by atoms with Crippen LogP contribution in [0.1, 0.15) is 0 Å². The largest absolute Gasteiger partial charge is 0.394 e. The van der Waals surface area contributed by atoms with Gasteiger partial charge in [-0.1, -0.05) is 0 Å². The highest BCUT2D eigenvalue weighted by Crippen LogP contribution is 2.32. The Kier molecular flexibility index (Phi) is 9.54. The molecule has 0 aromatic rings. The van der Waals surface area contributed by atoms with Crippen LogP contribution in [0.3, 0.4) is 0 Å². The van der Waals surface area contributed by atoms with E-state index in [1.54, 1.807) is 0 Å². The van der Waals surface area contributed by atoms with Crippen molar-refractivity contribution < 1.29 is 79.9 Å². The number of hydrogen-bond donors (Lipinski definition) is 11. The van der Waals surface area contributed by atoms with Crippen molar-refractivity contribution in [1.29, 1.82) is 0 Å². The van der Waals surface area contributed by atoms with Crippen molar-refractivity contribution in [3.63, 3.8) is 0 Å². The summed E-state index contributed by atoms with van der Waals surface area (Å²) in [6.45, 7) is -2.34. The van der Waals surface area contributed by atoms with Gasteiger partial charge in [0.1, 0.15) is 73.2 Å². The Balaban J connectivity index is 1.84. The van der Waals surface area contributed by atoms with Crippen molar-refractivity contribution in [3.05, 3.63) is 0 Å². The average Bonchev–Trinajstić information content (AvgIpc) is 2.83. The van der Waals surface area contributed by atoms with Crippen LogP contribution in [0.2, 0.25) is 0 Å². The third-order valence-corrected chi connectivity index (χ3v) is 6.10. The predicted molar refractivity (Wildman–Crippen MR) is 101 cm³/mol. The Labute approximate surface area is 192 Å². The molecule has 3 saturated heterocycles. The first kappa shape index (κ1) is 27.9. The molecule has 16 nitrogen and oxygen atoms in total. The van der Waals surface area contributed by atoms with Gasteiger partial charge in [-0.3, -0.25) is 0 Å². The monoisotopic (exact) mass is 504 g/mol. The third-order valence-electron chi connectivity index (χ3n) is 6.10. The summed E-state index contributed by atoms with van der Waals surface area (Å²) in [5, 5.41) is 110. The summed E-state index contributed by atoms with van der Waals surface area (Å²) in [6, 6.07) is 0. The zero-order valence-corrected chi connectivity index (χ0v) is 17.7. The molecular formula is C18H32O16. The zero-order valence-electron chi connectivity index (χ0n) is 17.7. The van der Waals surface area contributed by atoms with Crippen molar-refractivity contribution >= 4 is 0 Å². The Bertz CT molecular complexity index is 639. The molecule has 0 radical (unpaired) electrons. The highest BCUT2D eigenvalue weighted by molar-refractivity contribution is 4.96. The van der Waals surface area contributed by atoms with Crippen LogP contribution in [-0.4, -0.2) is 168 Å². The van der Waals surface area contributed by atoms with E-state index >= 15 is 0 Å². The summed E-state index contributed by atoms with van der Waals surface area (Å²) < 4.78 is 26.5. The number of rotatable bonds is 7. The number of hydrogen-bond acceptors (Lipinski definition) is 16. The van der Waals surface area contributed by atoms with Crippen molar-refractivity contribution in [1.82, 2.24) is 0 Å². The van der Waals surface area contributed by atoms with Gasteiger partial charge in [0.15, 0.2) is 18.9 Å². The second-order valence-electron chi connectivity index (χ2n) is 8.33. The van der Waals surface area contributed by atoms with Crippen LogP contribution in [0.25, 0.3) is 0 Å². The first-order valence-electron chi connectivity index (χ1n) is 10.6. The van der Waals surface area contributed by atoms with Crippen molar-refractivity contribution in [3.8, 4) is 0 Å². The highest BCUT2D eigenvalue weighted by atomic mass is 16.8. The average molecular weight is 504 g/mol. The fraction of sp³-hybridized carbons (Fsp3) is 1.00. The lowest BCUT2D eigenvalue weighted by Crippen LogP contribution is -2.67. The lowest BCUT2D eigenvalue weighted by Gasteiger charge is -2.48. The minimum atomic E-state index is -1.89. The molecule has 0 unspecified atom stereocenters. The minimum Gasteiger partial charge on any atom is -0.394 e. The van der Waals surface area contributed by atoms with Gasteiger partial charge in [0.25, 0.3) is 0 Å². The van der Waals surface area contributed by atoms with Crippen LogP contribution in [0, 0.1) is 0 Å². The van der Waals surface area contributed by atoms with E-state index in [0.717, 1.165) is 0 Å². The smallest absolute Gasteiger partial charge is 0.187 e. The van der Waals surface area contributed by atoms with Gasteiger partial charge in [-0.25, -0.2) is 0 Å². The van der Waals surface area contributed by atoms with Gasteiger partial charge in [0.2, 0.25) is 0 Å². The lowest BCUT2D eigenvalue weighted by molar-refractivity contribution is -0.387. The topological polar surface area (TPSA) is 269 Å². The molecule has 200 valence electrons. The fourth-order valence-electron chi connectivity index (χ4n) is 4.03. The van der Waals surface area contributed by atoms with Crippen LogP contribution < -0.4 is 0 Å². The summed E-state index contributed by atoms with van der Waals surface area (Å²) in [5.41, 5.74) is 0. The van der Waals surface area contributed by atoms with Crippen LogP contribution in [-0.2, 0) is 23.7 Å². The van der Waals surface area contributed by atoms with Crippen LogP contribution >= 0.6 is 0 Å². The Morgan fingerprint density at radius 3 is 1.47 bits per heavy atom. The second kappa shape index (κ2) is 11.6. The first-order valence-corrected chi connectivity index (χ1v) is 10.6. The lowest BCUT2D eigenvalue weighted by atomic mass is 9.96. The fourth-order valence-corrected chi connectivity index (χ4v) is 4.03. The molecule has 3 aliphatic rings. The molecule has 0 aromatic heterocycles. The van der Waals surface area contributed by atoms with Crippen molar-refractivity contribution in [2.24, 2.45) is 0 Å². The molecular weight excluding hydrogens is 472 g/mol. The minimum absolute atomic E-state index is 0.762. The SMILES string of the molecule is OC[C@H]1O[C@H](O[C@@H]2[C@@H](O[C@@H]3[C@H](O)[C@@H](O)O[C@H](CO)[C@H]3O)O[C@H](CO)[C@@H](O)[C@@H]2O)[C@@H](O)[C@@H](O)[C@@H]1O. The van der Waals surface area contributed by atoms with Crippen molar-refractivity contribution in [2.75, 3.05) is 19.8 Å². The van der Waals surface area contributed by atoms with Gasteiger partial charge >= 0.3 is 0 Å². The van der Waals surface area contributed by atoms with E-state index in [1.807, 2.05) is 0 Å². The molecule has 34 heavy (non-hydrogen) atoms. The molecule has 3 fully saturated rings. The second-order valence-corrected chi connectivity index (χ2v) is 8.33. The van der Waals surface area contributed by atoms with E-state index in [1.165, 1.54) is 0 Å². The van der Waals surface area contributed by atoms with E-state index < -0.39 is 112 Å². The van der Waals surface area contributed by atoms with E-state index in [9.17, 15) is 56.2 Å². The Morgan fingerprint density at radius 2 is 0.912 bits per heavy atom. The van der Waals surface area contributed by atoms with E-state index in [-0.39, 0.29) is 0 Å². The molecule has 16 heteroatoms. The van der Waals surface area contributed by atoms with E-state index in [4.69, 9.17) is 23.7 Å². The molecule has 0 aliphatic carbocycles. The van der Waals surface area contributed by atoms with E-state index in [2.05, 4.69) is 0 Å². The van der Waals surface area contributed by atoms with Gasteiger partial charge in [-0.05, 0) is 0 Å². The summed E-state index contributed by atoms with van der Waals surface area (Å²) in [4.78, 5) is 0. The maximum absolute atomic E-state index is 10.6. The van der Waals surface area contributed by atoms with Gasteiger partial charge in [0, 0.05) is 0 Å². The molecule has 3 aliphatic heterocycles. The summed E-state index contributed by atoms with van der Waals surface area (Å²) >= 11 is 0. The predicted octanol–water partition coefficient (Wildman–Crippen LogP) is -7.57. The van der Waals surface area contributed by atoms with Gasteiger partial charge in [-0.2, -0.15) is 0 Å². The third kappa shape index (κ3) is 5.37. The molecule has 0 bridgehead atoms. The maximum atomic E-state index is 10.6. The van der Waals surface area contributed by atoms with Crippen LogP contribution in [0.4, 0.5) is 0 Å². The Morgan fingerprint density at radius 1 is 0.441 bits per heavy atom. The number of aliphatic hydroxyl groups is 11. The quantitative estimate of drug-likeness (QED) is 0.154. The maximum Gasteiger partial charge on any atom is 0.187 e. The highest BCUT2D eigenvalue weighted by Gasteiger charge is 2.53. The molecule has 0 spiro atoms. The Hall–Kier alpha value is -0.640. The molecule has 3 rings (SSSR count). The molecule has 0 aromatic carbocycles. The number of ether oxygens (including phenoxy) is 5. The normalized spacial score (nSPS) is 52.5. The molecule has 3 heterocycles. The molecule has 0 amide bonds. The van der Waals surface area contributed by atoms with Crippen LogP contribution in [0.5, 0.6) is 0 Å². The summed E-state index contributed by atoms with van der Waals surface area (Å²) in [7, 11) is 0. The standard InChI is InChI=1S/C18H32O16/c19-1-4-7(22)10(25)12(27)17(31-4)34-15-11(26)8(23)5(2-20)32-18(15)33-14-9(24)6(3-21)30-16(29)13(14)28/h4-29H,1-3H2/t4-,5-,6-,7-,8-,9-,10+,11+,12+,13+,14+,15+,16+,17-,18-/m1/s1. The molecule has 15 atom stereocenters. The summed E-state index contributed by atoms with van der Waals surface area (Å²) in [6.07, 6.45) is -25.7. The molecule has 11 N–H and O–H groups in total.